The minimum atomic E-state index is -4.24. The Morgan fingerprint density at radius 2 is 1.04 bits per heavy atom. The van der Waals surface area contributed by atoms with E-state index in [2.05, 4.69) is 11.1 Å². The molecular formula is C17H40Na2O5S. The van der Waals surface area contributed by atoms with Crippen LogP contribution in [-0.4, -0.2) is 91.9 Å². The average Bonchev–Trinajstić information content (AvgIpc) is 2.49. The van der Waals surface area contributed by atoms with Crippen LogP contribution in [0.1, 0.15) is 91.4 Å². The zero-order valence-corrected chi connectivity index (χ0v) is 16.2. The zero-order valence-electron chi connectivity index (χ0n) is 15.4. The first-order chi connectivity index (χ1) is 11.0. The molecule has 8 heteroatoms. The summed E-state index contributed by atoms with van der Waals surface area (Å²) < 4.78 is 37.9. The molecule has 0 aliphatic heterocycles. The fraction of sp³-hybridized carbons (Fsp3) is 1.00. The molecule has 0 fully saturated rings. The van der Waals surface area contributed by atoms with Gasteiger partial charge in [0.1, 0.15) is 0 Å². The van der Waals surface area contributed by atoms with Crippen LogP contribution < -0.4 is 0 Å². The maximum absolute atomic E-state index is 10.2. The van der Waals surface area contributed by atoms with Crippen molar-refractivity contribution in [3.8, 4) is 0 Å². The van der Waals surface area contributed by atoms with Crippen molar-refractivity contribution in [1.82, 2.24) is 0 Å². The molecule has 0 rings (SSSR count). The summed E-state index contributed by atoms with van der Waals surface area (Å²) >= 11 is 0. The van der Waals surface area contributed by atoms with Crippen molar-refractivity contribution >= 4 is 69.5 Å². The molecule has 0 heterocycles. The van der Waals surface area contributed by atoms with Gasteiger partial charge in [-0.2, -0.15) is 8.42 Å². The second kappa shape index (κ2) is 28.0. The van der Waals surface area contributed by atoms with E-state index in [-0.39, 0.29) is 65.7 Å². The van der Waals surface area contributed by atoms with Crippen molar-refractivity contribution in [3.05, 3.63) is 0 Å². The fourth-order valence-electron chi connectivity index (χ4n) is 2.13. The molecule has 5 nitrogen and oxygen atoms in total. The number of hydrogen-bond acceptors (Lipinski definition) is 4. The van der Waals surface area contributed by atoms with Crippen LogP contribution in [0.25, 0.3) is 0 Å². The van der Waals surface area contributed by atoms with Gasteiger partial charge in [0.25, 0.3) is 0 Å². The standard InChI is InChI=1S/C13H28O4S.C4H10O.2Na.2H/c1-2-3-4-5-6-7-8-9-10-11-12-13-17-18(14,15)16;1-3-5-4-2;;;;/h2-13H2,1H3,(H,14,15,16);3-4H2,1-2H3;;;;. The van der Waals surface area contributed by atoms with Crippen LogP contribution in [0.4, 0.5) is 0 Å². The van der Waals surface area contributed by atoms with Crippen LogP contribution in [0, 0.1) is 0 Å². The van der Waals surface area contributed by atoms with Gasteiger partial charge in [0.05, 0.1) is 6.61 Å². The monoisotopic (exact) mass is 402 g/mol. The Balaban J connectivity index is -0.000000276. The van der Waals surface area contributed by atoms with Crippen LogP contribution in [0.5, 0.6) is 0 Å². The Bertz CT molecular complexity index is 312. The summed E-state index contributed by atoms with van der Waals surface area (Å²) in [7, 11) is -4.24. The van der Waals surface area contributed by atoms with Crippen molar-refractivity contribution in [2.24, 2.45) is 0 Å². The summed E-state index contributed by atoms with van der Waals surface area (Å²) in [6.45, 7) is 7.99. The van der Waals surface area contributed by atoms with E-state index in [0.717, 1.165) is 26.1 Å². The van der Waals surface area contributed by atoms with Crippen molar-refractivity contribution in [2.45, 2.75) is 91.4 Å². The van der Waals surface area contributed by atoms with Crippen molar-refractivity contribution in [1.29, 1.82) is 0 Å². The fourth-order valence-corrected chi connectivity index (χ4v) is 2.46. The first-order valence-corrected chi connectivity index (χ1v) is 10.5. The Morgan fingerprint density at radius 1 is 0.680 bits per heavy atom. The number of hydrogen-bond donors (Lipinski definition) is 1. The second-order valence-electron chi connectivity index (χ2n) is 5.57. The van der Waals surface area contributed by atoms with E-state index in [1.54, 1.807) is 0 Å². The van der Waals surface area contributed by atoms with Gasteiger partial charge in [0, 0.05) is 13.2 Å². The molecule has 0 aliphatic carbocycles. The predicted octanol–water partition coefficient (Wildman–Crippen LogP) is 3.86. The van der Waals surface area contributed by atoms with Crippen LogP contribution in [-0.2, 0) is 19.3 Å². The van der Waals surface area contributed by atoms with Gasteiger partial charge in [0.2, 0.25) is 0 Å². The van der Waals surface area contributed by atoms with Crippen LogP contribution in [0.15, 0.2) is 0 Å². The molecule has 0 aromatic rings. The summed E-state index contributed by atoms with van der Waals surface area (Å²) in [4.78, 5) is 0. The van der Waals surface area contributed by atoms with Gasteiger partial charge in [-0.25, -0.2) is 4.18 Å². The third kappa shape index (κ3) is 41.4. The molecule has 0 bridgehead atoms. The van der Waals surface area contributed by atoms with Gasteiger partial charge >= 0.3 is 69.5 Å². The van der Waals surface area contributed by atoms with Crippen LogP contribution in [0.2, 0.25) is 0 Å². The SMILES string of the molecule is CCCCCCCCCCCCCOS(=O)(=O)O.CCOCC.[NaH].[NaH]. The first-order valence-electron chi connectivity index (χ1n) is 9.17. The second-order valence-corrected chi connectivity index (χ2v) is 6.66. The van der Waals surface area contributed by atoms with Crippen LogP contribution >= 0.6 is 0 Å². The van der Waals surface area contributed by atoms with E-state index in [9.17, 15) is 8.42 Å². The third-order valence-electron chi connectivity index (χ3n) is 3.39. The summed E-state index contributed by atoms with van der Waals surface area (Å²) in [6.07, 6.45) is 13.3. The molecule has 0 atom stereocenters. The van der Waals surface area contributed by atoms with E-state index in [4.69, 9.17) is 9.29 Å². The van der Waals surface area contributed by atoms with E-state index in [1.807, 2.05) is 13.8 Å². The summed E-state index contributed by atoms with van der Waals surface area (Å²) in [5.41, 5.74) is 0. The molecule has 0 amide bonds. The number of unbranched alkanes of at least 4 members (excludes halogenated alkanes) is 10. The number of ether oxygens (including phenoxy) is 1. The zero-order chi connectivity index (χ0) is 17.8. The topological polar surface area (TPSA) is 72.8 Å². The van der Waals surface area contributed by atoms with Gasteiger partial charge in [0.15, 0.2) is 0 Å². The molecule has 0 aromatic carbocycles. The molecule has 0 unspecified atom stereocenters. The Kier molecular flexibility index (Phi) is 38.5. The van der Waals surface area contributed by atoms with Crippen molar-refractivity contribution < 1.29 is 21.9 Å². The Morgan fingerprint density at radius 3 is 1.32 bits per heavy atom. The summed E-state index contributed by atoms with van der Waals surface area (Å²) in [6, 6.07) is 0. The van der Waals surface area contributed by atoms with Crippen molar-refractivity contribution in [2.75, 3.05) is 19.8 Å². The van der Waals surface area contributed by atoms with Gasteiger partial charge in [-0.3, -0.25) is 4.55 Å². The molecule has 0 radical (unpaired) electrons. The van der Waals surface area contributed by atoms with E-state index >= 15 is 0 Å². The van der Waals surface area contributed by atoms with Gasteiger partial charge in [-0.05, 0) is 20.3 Å². The Labute approximate surface area is 200 Å². The van der Waals surface area contributed by atoms with E-state index < -0.39 is 10.4 Å². The predicted molar refractivity (Wildman–Crippen MR) is 110 cm³/mol. The average molecular weight is 403 g/mol. The Hall–Kier alpha value is 1.83. The maximum atomic E-state index is 10.2. The first kappa shape index (κ1) is 34.3. The molecule has 0 saturated heterocycles. The number of rotatable bonds is 15. The molecule has 0 aliphatic rings. The van der Waals surface area contributed by atoms with E-state index in [1.165, 1.54) is 51.4 Å². The summed E-state index contributed by atoms with van der Waals surface area (Å²) in [5, 5.41) is 0. The minimum absolute atomic E-state index is 0. The van der Waals surface area contributed by atoms with Gasteiger partial charge in [-0.15, -0.1) is 0 Å². The molecule has 0 saturated carbocycles. The van der Waals surface area contributed by atoms with E-state index in [0.29, 0.717) is 6.42 Å². The quantitative estimate of drug-likeness (QED) is 0.256. The molecule has 0 aromatic heterocycles. The molecule has 0 spiro atoms. The normalized spacial score (nSPS) is 10.2. The van der Waals surface area contributed by atoms with Crippen molar-refractivity contribution in [3.63, 3.8) is 0 Å². The molecular weight excluding hydrogens is 362 g/mol. The van der Waals surface area contributed by atoms with Gasteiger partial charge in [-0.1, -0.05) is 71.1 Å². The van der Waals surface area contributed by atoms with Crippen LogP contribution in [0.3, 0.4) is 0 Å². The van der Waals surface area contributed by atoms with Gasteiger partial charge < -0.3 is 4.74 Å². The third-order valence-corrected chi connectivity index (χ3v) is 3.85. The summed E-state index contributed by atoms with van der Waals surface area (Å²) in [5.74, 6) is 0. The molecule has 25 heavy (non-hydrogen) atoms. The molecule has 1 N–H and O–H groups in total. The molecule has 146 valence electrons.